The number of thioether (sulfide) groups is 1. The first kappa shape index (κ1) is 14.1. The van der Waals surface area contributed by atoms with Crippen molar-refractivity contribution >= 4 is 17.6 Å². The minimum Gasteiger partial charge on any atom is -0.409 e. The highest BCUT2D eigenvalue weighted by molar-refractivity contribution is 7.98. The molecule has 0 aliphatic carbocycles. The van der Waals surface area contributed by atoms with E-state index in [1.165, 1.54) is 17.8 Å². The van der Waals surface area contributed by atoms with Crippen LogP contribution in [0.15, 0.2) is 39.5 Å². The Morgan fingerprint density at radius 2 is 2.40 bits per heavy atom. The number of aromatic amines is 1. The third kappa shape index (κ3) is 3.35. The van der Waals surface area contributed by atoms with Crippen LogP contribution >= 0.6 is 11.8 Å². The van der Waals surface area contributed by atoms with Crippen molar-refractivity contribution in [2.45, 2.75) is 17.8 Å². The number of H-pyrrole nitrogens is 1. The van der Waals surface area contributed by atoms with E-state index in [1.807, 2.05) is 6.07 Å². The summed E-state index contributed by atoms with van der Waals surface area (Å²) in [6, 6.07) is 5.01. The number of hydrogen-bond acceptors (Lipinski definition) is 6. The van der Waals surface area contributed by atoms with Crippen LogP contribution in [0.25, 0.3) is 0 Å². The Balaban J connectivity index is 2.21. The molecule has 0 saturated carbocycles. The van der Waals surface area contributed by atoms with Crippen molar-refractivity contribution in [2.24, 2.45) is 10.9 Å². The molecule has 0 radical (unpaired) electrons. The molecule has 0 bridgehead atoms. The molecule has 7 nitrogen and oxygen atoms in total. The van der Waals surface area contributed by atoms with Crippen molar-refractivity contribution in [2.75, 3.05) is 0 Å². The second-order valence-electron chi connectivity index (χ2n) is 3.98. The summed E-state index contributed by atoms with van der Waals surface area (Å²) in [4.78, 5) is 22.3. The summed E-state index contributed by atoms with van der Waals surface area (Å²) in [5.41, 5.74) is 7.23. The minimum atomic E-state index is -0.192. The molecule has 2 aromatic heterocycles. The van der Waals surface area contributed by atoms with Crippen molar-refractivity contribution in [1.29, 1.82) is 0 Å². The number of oxime groups is 1. The molecule has 0 amide bonds. The van der Waals surface area contributed by atoms with Gasteiger partial charge in [0.1, 0.15) is 5.69 Å². The van der Waals surface area contributed by atoms with E-state index in [9.17, 15) is 4.79 Å². The van der Waals surface area contributed by atoms with E-state index in [0.717, 1.165) is 5.56 Å². The third-order valence-electron chi connectivity index (χ3n) is 2.45. The van der Waals surface area contributed by atoms with Gasteiger partial charge in [0.25, 0.3) is 5.56 Å². The van der Waals surface area contributed by atoms with Gasteiger partial charge in [-0.25, -0.2) is 4.98 Å². The molecule has 2 aromatic rings. The van der Waals surface area contributed by atoms with Crippen LogP contribution in [0, 0.1) is 6.92 Å². The van der Waals surface area contributed by atoms with Gasteiger partial charge in [0.2, 0.25) is 0 Å². The van der Waals surface area contributed by atoms with E-state index in [0.29, 0.717) is 22.3 Å². The van der Waals surface area contributed by atoms with E-state index in [2.05, 4.69) is 20.1 Å². The van der Waals surface area contributed by atoms with E-state index >= 15 is 0 Å². The van der Waals surface area contributed by atoms with Crippen LogP contribution in [0.3, 0.4) is 0 Å². The lowest BCUT2D eigenvalue weighted by Gasteiger charge is -2.06. The monoisotopic (exact) mass is 291 g/mol. The van der Waals surface area contributed by atoms with Crippen molar-refractivity contribution in [3.63, 3.8) is 0 Å². The number of nitrogens with one attached hydrogen (secondary N) is 1. The molecule has 0 spiro atoms. The normalized spacial score (nSPS) is 11.6. The van der Waals surface area contributed by atoms with Gasteiger partial charge in [-0.05, 0) is 18.6 Å². The molecule has 20 heavy (non-hydrogen) atoms. The van der Waals surface area contributed by atoms with Crippen molar-refractivity contribution in [3.05, 3.63) is 51.7 Å². The summed E-state index contributed by atoms with van der Waals surface area (Å²) >= 11 is 1.35. The number of aromatic nitrogens is 3. The highest BCUT2D eigenvalue weighted by Crippen LogP contribution is 2.19. The summed E-state index contributed by atoms with van der Waals surface area (Å²) in [5, 5.41) is 12.2. The predicted octanol–water partition coefficient (Wildman–Crippen LogP) is 0.860. The number of rotatable bonds is 4. The van der Waals surface area contributed by atoms with E-state index in [4.69, 9.17) is 10.9 Å². The summed E-state index contributed by atoms with van der Waals surface area (Å²) < 4.78 is 0. The number of aryl methyl sites for hydroxylation is 1. The molecule has 0 aromatic carbocycles. The first-order valence-electron chi connectivity index (χ1n) is 5.72. The number of nitrogens with two attached hydrogens (primary N) is 1. The average molecular weight is 291 g/mol. The molecular formula is C12H13N5O2S. The van der Waals surface area contributed by atoms with Crippen LogP contribution in [0.2, 0.25) is 0 Å². The zero-order valence-electron chi connectivity index (χ0n) is 10.7. The maximum absolute atomic E-state index is 11.4. The quantitative estimate of drug-likeness (QED) is 0.192. The zero-order chi connectivity index (χ0) is 14.5. The van der Waals surface area contributed by atoms with Crippen LogP contribution in [0.5, 0.6) is 0 Å². The fraction of sp³-hybridized carbons (Fsp3) is 0.167. The lowest BCUT2D eigenvalue weighted by atomic mass is 10.2. The molecule has 104 valence electrons. The lowest BCUT2D eigenvalue weighted by molar-refractivity contribution is 0.318. The molecule has 0 aliphatic heterocycles. The minimum absolute atomic E-state index is 0.0492. The third-order valence-corrected chi connectivity index (χ3v) is 3.38. The number of pyridine rings is 1. The molecule has 4 N–H and O–H groups in total. The van der Waals surface area contributed by atoms with Crippen LogP contribution < -0.4 is 11.3 Å². The Bertz CT molecular complexity index is 698. The summed E-state index contributed by atoms with van der Waals surface area (Å²) in [5.74, 6) is 0.443. The Labute approximate surface area is 119 Å². The molecule has 0 unspecified atom stereocenters. The van der Waals surface area contributed by atoms with Crippen LogP contribution in [-0.2, 0) is 5.75 Å². The fourth-order valence-electron chi connectivity index (χ4n) is 1.60. The van der Waals surface area contributed by atoms with Gasteiger partial charge in [-0.15, -0.1) is 0 Å². The molecule has 0 fully saturated rings. The van der Waals surface area contributed by atoms with Gasteiger partial charge in [0, 0.05) is 23.7 Å². The number of amidine groups is 1. The predicted molar refractivity (Wildman–Crippen MR) is 75.9 cm³/mol. The summed E-state index contributed by atoms with van der Waals surface area (Å²) in [7, 11) is 0. The first-order valence-corrected chi connectivity index (χ1v) is 6.71. The fourth-order valence-corrected chi connectivity index (χ4v) is 2.51. The molecule has 2 rings (SSSR count). The molecular weight excluding hydrogens is 278 g/mol. The van der Waals surface area contributed by atoms with E-state index < -0.39 is 0 Å². The first-order chi connectivity index (χ1) is 9.60. The molecule has 2 heterocycles. The molecule has 8 heteroatoms. The van der Waals surface area contributed by atoms with Crippen LogP contribution in [0.1, 0.15) is 17.0 Å². The van der Waals surface area contributed by atoms with Crippen LogP contribution in [0.4, 0.5) is 0 Å². The maximum Gasteiger partial charge on any atom is 0.251 e. The lowest BCUT2D eigenvalue weighted by Crippen LogP contribution is -2.17. The number of nitrogens with zero attached hydrogens (tertiary/aromatic N) is 3. The topological polar surface area (TPSA) is 117 Å². The van der Waals surface area contributed by atoms with Gasteiger partial charge in [0.05, 0.1) is 0 Å². The highest BCUT2D eigenvalue weighted by Gasteiger charge is 2.09. The summed E-state index contributed by atoms with van der Waals surface area (Å²) in [6.07, 6.45) is 1.56. The standard InChI is InChI=1S/C12H13N5O2S/c1-7-5-9(18)16-12(15-7)20-6-8-3-2-4-14-10(8)11(13)17-19/h2-5,19H,6H2,1H3,(H2,13,17)(H,15,16,18). The van der Waals surface area contributed by atoms with E-state index in [-0.39, 0.29) is 11.4 Å². The van der Waals surface area contributed by atoms with Gasteiger partial charge >= 0.3 is 0 Å². The summed E-state index contributed by atoms with van der Waals surface area (Å²) in [6.45, 7) is 1.76. The van der Waals surface area contributed by atoms with Crippen molar-refractivity contribution < 1.29 is 5.21 Å². The Morgan fingerprint density at radius 3 is 3.10 bits per heavy atom. The van der Waals surface area contributed by atoms with Gasteiger partial charge in [-0.1, -0.05) is 23.0 Å². The average Bonchev–Trinajstić information content (AvgIpc) is 2.43. The van der Waals surface area contributed by atoms with Crippen LogP contribution in [-0.4, -0.2) is 26.0 Å². The smallest absolute Gasteiger partial charge is 0.251 e. The Morgan fingerprint density at radius 1 is 1.60 bits per heavy atom. The Kier molecular flexibility index (Phi) is 4.36. The highest BCUT2D eigenvalue weighted by atomic mass is 32.2. The SMILES string of the molecule is Cc1cc(=O)[nH]c(SCc2cccnc2C(N)=NO)n1. The zero-order valence-corrected chi connectivity index (χ0v) is 11.5. The second kappa shape index (κ2) is 6.20. The Hall–Kier alpha value is -2.35. The number of hydrogen-bond donors (Lipinski definition) is 3. The van der Waals surface area contributed by atoms with Gasteiger partial charge in [0.15, 0.2) is 11.0 Å². The molecule has 0 atom stereocenters. The second-order valence-corrected chi connectivity index (χ2v) is 4.94. The largest absolute Gasteiger partial charge is 0.409 e. The van der Waals surface area contributed by atoms with Gasteiger partial charge in [-0.3, -0.25) is 9.78 Å². The molecule has 0 saturated heterocycles. The van der Waals surface area contributed by atoms with Crippen molar-refractivity contribution in [1.82, 2.24) is 15.0 Å². The van der Waals surface area contributed by atoms with Gasteiger partial charge < -0.3 is 15.9 Å². The molecule has 0 aliphatic rings. The van der Waals surface area contributed by atoms with Crippen molar-refractivity contribution in [3.8, 4) is 0 Å². The van der Waals surface area contributed by atoms with E-state index in [1.54, 1.807) is 19.2 Å². The maximum atomic E-state index is 11.4. The van der Waals surface area contributed by atoms with Gasteiger partial charge in [-0.2, -0.15) is 0 Å².